The lowest BCUT2D eigenvalue weighted by Crippen LogP contribution is -2.38. The molecule has 0 fully saturated rings. The first-order valence-electron chi connectivity index (χ1n) is 12.3. The summed E-state index contributed by atoms with van der Waals surface area (Å²) in [6, 6.07) is 3.01. The largest absolute Gasteiger partial charge is 0.481 e. The van der Waals surface area contributed by atoms with Gasteiger partial charge < -0.3 is 15.1 Å². The van der Waals surface area contributed by atoms with Crippen LogP contribution >= 0.6 is 0 Å². The molecule has 0 amide bonds. The van der Waals surface area contributed by atoms with Gasteiger partial charge >= 0.3 is 11.9 Å². The van der Waals surface area contributed by atoms with Crippen molar-refractivity contribution in [2.75, 3.05) is 13.6 Å². The molecular formula is C26H41F2NO4. The van der Waals surface area contributed by atoms with Gasteiger partial charge in [-0.05, 0) is 50.3 Å². The van der Waals surface area contributed by atoms with E-state index in [-0.39, 0.29) is 24.4 Å². The molecule has 0 aliphatic carbocycles. The number of benzene rings is 1. The third kappa shape index (κ3) is 10.2. The van der Waals surface area contributed by atoms with Crippen molar-refractivity contribution >= 4 is 11.9 Å². The number of hydrogen-bond acceptors (Lipinski definition) is 3. The van der Waals surface area contributed by atoms with Crippen molar-refractivity contribution in [2.24, 2.45) is 5.92 Å². The van der Waals surface area contributed by atoms with Crippen LogP contribution < -0.4 is 0 Å². The number of halogens is 2. The van der Waals surface area contributed by atoms with Gasteiger partial charge in [-0.15, -0.1) is 0 Å². The lowest BCUT2D eigenvalue weighted by atomic mass is 9.97. The first kappa shape index (κ1) is 29.0. The van der Waals surface area contributed by atoms with Crippen LogP contribution in [-0.4, -0.2) is 46.7 Å². The van der Waals surface area contributed by atoms with Gasteiger partial charge in [-0.25, -0.2) is 8.78 Å². The van der Waals surface area contributed by atoms with E-state index in [4.69, 9.17) is 10.2 Å². The topological polar surface area (TPSA) is 77.8 Å². The van der Waals surface area contributed by atoms with E-state index < -0.39 is 29.5 Å². The second kappa shape index (κ2) is 15.8. The molecule has 1 rings (SSSR count). The molecule has 33 heavy (non-hydrogen) atoms. The Hall–Kier alpha value is -2.02. The van der Waals surface area contributed by atoms with Crippen LogP contribution in [0.1, 0.15) is 89.2 Å². The SMILES string of the molecule is CCCCCCCCCCc1ccc(CCN(C)C(CC)CC(C(=O)O)C(=O)O)c(F)c1F. The van der Waals surface area contributed by atoms with E-state index in [1.807, 2.05) is 11.8 Å². The van der Waals surface area contributed by atoms with Crippen LogP contribution in [0.15, 0.2) is 12.1 Å². The van der Waals surface area contributed by atoms with Gasteiger partial charge in [-0.3, -0.25) is 9.59 Å². The van der Waals surface area contributed by atoms with Gasteiger partial charge in [-0.2, -0.15) is 0 Å². The Morgan fingerprint density at radius 2 is 1.33 bits per heavy atom. The van der Waals surface area contributed by atoms with E-state index in [1.165, 1.54) is 32.1 Å². The number of aryl methyl sites for hydroxylation is 1. The maximum atomic E-state index is 14.6. The zero-order valence-electron chi connectivity index (χ0n) is 20.4. The summed E-state index contributed by atoms with van der Waals surface area (Å²) >= 11 is 0. The molecule has 2 N–H and O–H groups in total. The van der Waals surface area contributed by atoms with Crippen molar-refractivity contribution < 1.29 is 28.6 Å². The molecule has 5 nitrogen and oxygen atoms in total. The zero-order valence-corrected chi connectivity index (χ0v) is 20.4. The maximum absolute atomic E-state index is 14.6. The molecular weight excluding hydrogens is 428 g/mol. The van der Waals surface area contributed by atoms with Crippen LogP contribution in [-0.2, 0) is 22.4 Å². The number of likely N-dealkylation sites (N-methyl/N-ethyl adjacent to an activating group) is 1. The van der Waals surface area contributed by atoms with Gasteiger partial charge in [0.05, 0.1) is 0 Å². The number of unbranched alkanes of at least 4 members (excludes halogenated alkanes) is 7. The number of carbonyl (C=O) groups is 2. The summed E-state index contributed by atoms with van der Waals surface area (Å²) in [7, 11) is 1.75. The summed E-state index contributed by atoms with van der Waals surface area (Å²) in [4.78, 5) is 24.2. The molecule has 1 aromatic carbocycles. The second-order valence-corrected chi connectivity index (χ2v) is 8.99. The standard InChI is InChI=1S/C26H41F2NO4/c1-4-6-7-8-9-10-11-12-13-19-14-15-20(24(28)23(19)27)16-17-29(3)21(5-2)18-22(25(30)31)26(32)33/h14-15,21-22H,4-13,16-18H2,1-3H3,(H,30,31)(H,32,33). The predicted octanol–water partition coefficient (Wildman–Crippen LogP) is 6.08. The molecule has 0 saturated heterocycles. The molecule has 0 saturated carbocycles. The average Bonchev–Trinajstić information content (AvgIpc) is 2.77. The summed E-state index contributed by atoms with van der Waals surface area (Å²) in [5.74, 6) is -5.81. The quantitative estimate of drug-likeness (QED) is 0.201. The molecule has 0 aliphatic rings. The summed E-state index contributed by atoms with van der Waals surface area (Å²) in [5.41, 5.74) is 0.690. The van der Waals surface area contributed by atoms with E-state index in [2.05, 4.69) is 6.92 Å². The molecule has 0 aliphatic heterocycles. The molecule has 0 heterocycles. The molecule has 1 unspecified atom stereocenters. The zero-order chi connectivity index (χ0) is 24.8. The van der Waals surface area contributed by atoms with E-state index in [0.29, 0.717) is 24.9 Å². The maximum Gasteiger partial charge on any atom is 0.317 e. The molecule has 1 atom stereocenters. The summed E-state index contributed by atoms with van der Waals surface area (Å²) in [6.07, 6.45) is 10.5. The fraction of sp³-hybridized carbons (Fsp3) is 0.692. The molecule has 0 aromatic heterocycles. The lowest BCUT2D eigenvalue weighted by Gasteiger charge is -2.28. The second-order valence-electron chi connectivity index (χ2n) is 8.99. The van der Waals surface area contributed by atoms with Crippen molar-refractivity contribution in [1.29, 1.82) is 0 Å². The summed E-state index contributed by atoms with van der Waals surface area (Å²) in [6.45, 7) is 4.42. The van der Waals surface area contributed by atoms with Crippen LogP contribution in [0.3, 0.4) is 0 Å². The molecule has 1 aromatic rings. The van der Waals surface area contributed by atoms with E-state index in [9.17, 15) is 18.4 Å². The van der Waals surface area contributed by atoms with Crippen LogP contribution in [0.2, 0.25) is 0 Å². The molecule has 188 valence electrons. The van der Waals surface area contributed by atoms with Gasteiger partial charge in [0.1, 0.15) is 0 Å². The van der Waals surface area contributed by atoms with Crippen LogP contribution in [0, 0.1) is 17.6 Å². The van der Waals surface area contributed by atoms with E-state index >= 15 is 0 Å². The van der Waals surface area contributed by atoms with Crippen molar-refractivity contribution in [3.8, 4) is 0 Å². The van der Waals surface area contributed by atoms with E-state index in [1.54, 1.807) is 19.2 Å². The van der Waals surface area contributed by atoms with Gasteiger partial charge in [0.25, 0.3) is 0 Å². The minimum Gasteiger partial charge on any atom is -0.481 e. The van der Waals surface area contributed by atoms with Gasteiger partial charge in [0.15, 0.2) is 17.6 Å². The first-order chi connectivity index (χ1) is 15.7. The highest BCUT2D eigenvalue weighted by Crippen LogP contribution is 2.21. The number of aliphatic carboxylic acids is 2. The molecule has 0 bridgehead atoms. The predicted molar refractivity (Wildman–Crippen MR) is 126 cm³/mol. The van der Waals surface area contributed by atoms with Crippen LogP contribution in [0.25, 0.3) is 0 Å². The fourth-order valence-corrected chi connectivity index (χ4v) is 4.18. The highest BCUT2D eigenvalue weighted by Gasteiger charge is 2.30. The van der Waals surface area contributed by atoms with Crippen LogP contribution in [0.4, 0.5) is 8.78 Å². The van der Waals surface area contributed by atoms with Gasteiger partial charge in [-0.1, -0.05) is 70.9 Å². The summed E-state index contributed by atoms with van der Waals surface area (Å²) in [5, 5.41) is 18.2. The Bertz CT molecular complexity index is 727. The van der Waals surface area contributed by atoms with Gasteiger partial charge in [0.2, 0.25) is 0 Å². The van der Waals surface area contributed by atoms with Crippen LogP contribution in [0.5, 0.6) is 0 Å². The fourth-order valence-electron chi connectivity index (χ4n) is 4.18. The smallest absolute Gasteiger partial charge is 0.317 e. The third-order valence-electron chi connectivity index (χ3n) is 6.47. The molecule has 0 spiro atoms. The van der Waals surface area contributed by atoms with Crippen molar-refractivity contribution in [2.45, 2.75) is 96.9 Å². The highest BCUT2D eigenvalue weighted by molar-refractivity contribution is 5.92. The van der Waals surface area contributed by atoms with Gasteiger partial charge in [0, 0.05) is 12.6 Å². The van der Waals surface area contributed by atoms with E-state index in [0.717, 1.165) is 19.3 Å². The molecule has 7 heteroatoms. The minimum atomic E-state index is -1.48. The number of hydrogen-bond donors (Lipinski definition) is 2. The number of carboxylic acids is 2. The monoisotopic (exact) mass is 469 g/mol. The Balaban J connectivity index is 2.56. The first-order valence-corrected chi connectivity index (χ1v) is 12.3. The Kier molecular flexibility index (Phi) is 13.8. The number of rotatable bonds is 18. The third-order valence-corrected chi connectivity index (χ3v) is 6.47. The minimum absolute atomic E-state index is 0.0357. The number of nitrogens with zero attached hydrogens (tertiary/aromatic N) is 1. The Morgan fingerprint density at radius 3 is 1.82 bits per heavy atom. The normalized spacial score (nSPS) is 12.5. The highest BCUT2D eigenvalue weighted by atomic mass is 19.2. The van der Waals surface area contributed by atoms with Crippen molar-refractivity contribution in [3.05, 3.63) is 34.9 Å². The summed E-state index contributed by atoms with van der Waals surface area (Å²) < 4.78 is 29.2. The lowest BCUT2D eigenvalue weighted by molar-refractivity contribution is -0.155. The molecule has 0 radical (unpaired) electrons. The van der Waals surface area contributed by atoms with Crippen molar-refractivity contribution in [3.63, 3.8) is 0 Å². The van der Waals surface area contributed by atoms with Crippen molar-refractivity contribution in [1.82, 2.24) is 4.90 Å². The Labute approximate surface area is 197 Å². The Morgan fingerprint density at radius 1 is 0.848 bits per heavy atom. The average molecular weight is 470 g/mol. The number of carboxylic acid groups (broad SMARTS) is 2.